The predicted octanol–water partition coefficient (Wildman–Crippen LogP) is 4.41. The number of nitrogens with zero attached hydrogens (tertiary/aromatic N) is 1. The van der Waals surface area contributed by atoms with E-state index in [4.69, 9.17) is 4.74 Å². The summed E-state index contributed by atoms with van der Waals surface area (Å²) in [7, 11) is 0. The van der Waals surface area contributed by atoms with Crippen LogP contribution < -0.4 is 10.9 Å². The van der Waals surface area contributed by atoms with Crippen molar-refractivity contribution in [3.05, 3.63) is 50.6 Å². The van der Waals surface area contributed by atoms with Crippen molar-refractivity contribution in [3.63, 3.8) is 0 Å². The first-order chi connectivity index (χ1) is 15.3. The van der Waals surface area contributed by atoms with E-state index >= 15 is 0 Å². The highest BCUT2D eigenvalue weighted by molar-refractivity contribution is 7.99. The van der Waals surface area contributed by atoms with Crippen LogP contribution in [0.25, 0.3) is 10.2 Å². The lowest BCUT2D eigenvalue weighted by Gasteiger charge is -2.17. The third kappa shape index (κ3) is 5.05. The number of amides is 1. The van der Waals surface area contributed by atoms with Crippen LogP contribution >= 0.6 is 23.1 Å². The number of aromatic amines is 1. The highest BCUT2D eigenvalue weighted by Gasteiger charge is 2.23. The second kappa shape index (κ2) is 9.46. The Morgan fingerprint density at radius 2 is 2.06 bits per heavy atom. The Labute approximate surface area is 194 Å². The van der Waals surface area contributed by atoms with Crippen LogP contribution in [-0.4, -0.2) is 33.7 Å². The van der Waals surface area contributed by atoms with Gasteiger partial charge in [0.1, 0.15) is 4.83 Å². The summed E-state index contributed by atoms with van der Waals surface area (Å²) in [6.07, 6.45) is 2.81. The molecule has 1 aliphatic rings. The van der Waals surface area contributed by atoms with Crippen LogP contribution in [-0.2, 0) is 22.4 Å². The summed E-state index contributed by atoms with van der Waals surface area (Å²) in [5.74, 6) is 0.105. The summed E-state index contributed by atoms with van der Waals surface area (Å²) in [4.78, 5) is 46.3. The molecular weight excluding hydrogens is 446 g/mol. The van der Waals surface area contributed by atoms with E-state index < -0.39 is 5.97 Å². The Morgan fingerprint density at radius 1 is 1.31 bits per heavy atom. The molecule has 1 aromatic carbocycles. The van der Waals surface area contributed by atoms with Gasteiger partial charge in [-0.25, -0.2) is 9.78 Å². The topological polar surface area (TPSA) is 101 Å². The molecule has 0 saturated carbocycles. The normalized spacial score (nSPS) is 15.6. The van der Waals surface area contributed by atoms with Crippen molar-refractivity contribution >= 4 is 50.9 Å². The summed E-state index contributed by atoms with van der Waals surface area (Å²) in [5, 5.41) is 3.94. The van der Waals surface area contributed by atoms with Crippen molar-refractivity contribution in [1.82, 2.24) is 9.97 Å². The standard InChI is InChI=1S/C23H25N3O4S2/c1-12(2)30-22(29)14-5-7-15(8-6-14)24-18(27)11-31-23-25-20(28)19-16-9-4-13(3)10-17(16)32-21(19)26-23/h5-8,12-13H,4,9-11H2,1-3H3,(H,24,27)(H,25,26,28). The van der Waals surface area contributed by atoms with E-state index in [1.54, 1.807) is 49.4 Å². The van der Waals surface area contributed by atoms with Crippen LogP contribution in [0.1, 0.15) is 48.0 Å². The average Bonchev–Trinajstić information content (AvgIpc) is 3.10. The van der Waals surface area contributed by atoms with E-state index in [-0.39, 0.29) is 23.3 Å². The number of esters is 1. The first-order valence-electron chi connectivity index (χ1n) is 10.6. The van der Waals surface area contributed by atoms with Gasteiger partial charge in [-0.2, -0.15) is 0 Å². The number of H-pyrrole nitrogens is 1. The van der Waals surface area contributed by atoms with Crippen molar-refractivity contribution in [2.75, 3.05) is 11.1 Å². The van der Waals surface area contributed by atoms with Crippen molar-refractivity contribution in [2.24, 2.45) is 5.92 Å². The lowest BCUT2D eigenvalue weighted by atomic mass is 9.89. The molecule has 1 atom stereocenters. The predicted molar refractivity (Wildman–Crippen MR) is 128 cm³/mol. The molecule has 1 unspecified atom stereocenters. The fraction of sp³-hybridized carbons (Fsp3) is 0.391. The third-order valence-corrected chi connectivity index (χ3v) is 7.25. The molecule has 4 rings (SSSR count). The van der Waals surface area contributed by atoms with Gasteiger partial charge in [0.25, 0.3) is 5.56 Å². The molecule has 0 aliphatic heterocycles. The molecule has 32 heavy (non-hydrogen) atoms. The molecule has 0 saturated heterocycles. The summed E-state index contributed by atoms with van der Waals surface area (Å²) in [6.45, 7) is 5.81. The smallest absolute Gasteiger partial charge is 0.338 e. The largest absolute Gasteiger partial charge is 0.459 e. The molecule has 2 heterocycles. The fourth-order valence-electron chi connectivity index (χ4n) is 3.70. The Balaban J connectivity index is 1.39. The minimum atomic E-state index is -0.399. The van der Waals surface area contributed by atoms with E-state index in [2.05, 4.69) is 22.2 Å². The maximum atomic E-state index is 12.7. The fourth-order valence-corrected chi connectivity index (χ4v) is 5.80. The van der Waals surface area contributed by atoms with E-state index in [1.165, 1.54) is 16.6 Å². The first kappa shape index (κ1) is 22.5. The molecular formula is C23H25N3O4S2. The Morgan fingerprint density at radius 3 is 2.78 bits per heavy atom. The van der Waals surface area contributed by atoms with Gasteiger partial charge in [0.2, 0.25) is 5.91 Å². The number of fused-ring (bicyclic) bond motifs is 3. The molecule has 0 fully saturated rings. The number of hydrogen-bond acceptors (Lipinski definition) is 7. The minimum absolute atomic E-state index is 0.105. The van der Waals surface area contributed by atoms with Crippen LogP contribution in [0.2, 0.25) is 0 Å². The number of thiophene rings is 1. The number of thioether (sulfide) groups is 1. The molecule has 0 bridgehead atoms. The average molecular weight is 472 g/mol. The second-order valence-electron chi connectivity index (χ2n) is 8.27. The van der Waals surface area contributed by atoms with Gasteiger partial charge in [-0.15, -0.1) is 11.3 Å². The Bertz CT molecular complexity index is 1210. The van der Waals surface area contributed by atoms with Crippen LogP contribution in [0.3, 0.4) is 0 Å². The molecule has 0 spiro atoms. The summed E-state index contributed by atoms with van der Waals surface area (Å²) in [6, 6.07) is 6.53. The molecule has 3 aromatic rings. The molecule has 0 radical (unpaired) electrons. The second-order valence-corrected chi connectivity index (χ2v) is 10.3. The zero-order valence-corrected chi connectivity index (χ0v) is 19.8. The zero-order chi connectivity index (χ0) is 22.8. The van der Waals surface area contributed by atoms with Gasteiger partial charge < -0.3 is 15.0 Å². The van der Waals surface area contributed by atoms with E-state index in [0.29, 0.717) is 27.7 Å². The number of aryl methyl sites for hydroxylation is 1. The van der Waals surface area contributed by atoms with Gasteiger partial charge in [0.05, 0.1) is 22.8 Å². The molecule has 2 aromatic heterocycles. The summed E-state index contributed by atoms with van der Waals surface area (Å²) >= 11 is 2.79. The van der Waals surface area contributed by atoms with Crippen molar-refractivity contribution in [3.8, 4) is 0 Å². The summed E-state index contributed by atoms with van der Waals surface area (Å²) < 4.78 is 5.15. The lowest BCUT2D eigenvalue weighted by molar-refractivity contribution is -0.113. The van der Waals surface area contributed by atoms with Crippen molar-refractivity contribution < 1.29 is 14.3 Å². The van der Waals surface area contributed by atoms with Crippen LogP contribution in [0.4, 0.5) is 5.69 Å². The Hall–Kier alpha value is -2.65. The SMILES string of the molecule is CC1CCc2c(sc3nc(SCC(=O)Nc4ccc(C(=O)OC(C)C)cc4)[nH]c(=O)c23)C1. The van der Waals surface area contributed by atoms with Crippen LogP contribution in [0, 0.1) is 5.92 Å². The van der Waals surface area contributed by atoms with Crippen LogP contribution in [0.5, 0.6) is 0 Å². The quantitative estimate of drug-likeness (QED) is 0.314. The maximum absolute atomic E-state index is 12.7. The van der Waals surface area contributed by atoms with E-state index in [9.17, 15) is 14.4 Å². The number of ether oxygens (including phenoxy) is 1. The number of anilines is 1. The molecule has 1 amide bonds. The molecule has 168 valence electrons. The first-order valence-corrected chi connectivity index (χ1v) is 12.4. The van der Waals surface area contributed by atoms with Gasteiger partial charge in [-0.1, -0.05) is 18.7 Å². The van der Waals surface area contributed by atoms with E-state index in [0.717, 1.165) is 29.7 Å². The molecule has 7 nitrogen and oxygen atoms in total. The number of aromatic nitrogens is 2. The highest BCUT2D eigenvalue weighted by atomic mass is 32.2. The summed E-state index contributed by atoms with van der Waals surface area (Å²) in [5.41, 5.74) is 2.02. The number of nitrogens with one attached hydrogen (secondary N) is 2. The van der Waals surface area contributed by atoms with Gasteiger partial charge in [-0.05, 0) is 68.9 Å². The lowest BCUT2D eigenvalue weighted by Crippen LogP contribution is -2.16. The monoisotopic (exact) mass is 471 g/mol. The number of carbonyl (C=O) groups is 2. The molecule has 2 N–H and O–H groups in total. The third-order valence-electron chi connectivity index (χ3n) is 5.23. The van der Waals surface area contributed by atoms with Crippen LogP contribution in [0.15, 0.2) is 34.2 Å². The molecule has 9 heteroatoms. The number of benzene rings is 1. The van der Waals surface area contributed by atoms with E-state index in [1.807, 2.05) is 0 Å². The zero-order valence-electron chi connectivity index (χ0n) is 18.2. The van der Waals surface area contributed by atoms with Crippen molar-refractivity contribution in [1.29, 1.82) is 0 Å². The Kier molecular flexibility index (Phi) is 6.66. The van der Waals surface area contributed by atoms with Gasteiger partial charge in [-0.3, -0.25) is 9.59 Å². The number of carbonyl (C=O) groups excluding carboxylic acids is 2. The number of hydrogen-bond donors (Lipinski definition) is 2. The van der Waals surface area contributed by atoms with Gasteiger partial charge >= 0.3 is 5.97 Å². The minimum Gasteiger partial charge on any atom is -0.459 e. The van der Waals surface area contributed by atoms with Gasteiger partial charge in [0.15, 0.2) is 5.16 Å². The highest BCUT2D eigenvalue weighted by Crippen LogP contribution is 2.36. The molecule has 1 aliphatic carbocycles. The number of rotatable bonds is 6. The van der Waals surface area contributed by atoms with Gasteiger partial charge in [0, 0.05) is 10.6 Å². The van der Waals surface area contributed by atoms with Crippen molar-refractivity contribution in [2.45, 2.75) is 51.3 Å². The maximum Gasteiger partial charge on any atom is 0.338 e.